The summed E-state index contributed by atoms with van der Waals surface area (Å²) in [7, 11) is 0. The van der Waals surface area contributed by atoms with Crippen LogP contribution in [-0.2, 0) is 11.0 Å². The number of nitrogens with one attached hydrogen (secondary N) is 1. The zero-order valence-corrected chi connectivity index (χ0v) is 14.7. The van der Waals surface area contributed by atoms with Crippen molar-refractivity contribution in [3.63, 3.8) is 0 Å². The Hall–Kier alpha value is -2.36. The van der Waals surface area contributed by atoms with Crippen molar-refractivity contribution in [2.75, 3.05) is 23.3 Å². The molecular formula is C16H17F3N4O2S. The second-order valence-corrected chi connectivity index (χ2v) is 6.83. The van der Waals surface area contributed by atoms with E-state index in [0.29, 0.717) is 36.2 Å². The molecule has 1 aromatic heterocycles. The Kier molecular flexibility index (Phi) is 5.30. The summed E-state index contributed by atoms with van der Waals surface area (Å²) in [5.41, 5.74) is -0.758. The van der Waals surface area contributed by atoms with Gasteiger partial charge in [0.25, 0.3) is 0 Å². The molecule has 1 saturated heterocycles. The second kappa shape index (κ2) is 7.48. The van der Waals surface area contributed by atoms with Gasteiger partial charge in [0, 0.05) is 32.9 Å². The first kappa shape index (κ1) is 18.4. The van der Waals surface area contributed by atoms with Gasteiger partial charge in [-0.15, -0.1) is 10.2 Å². The maximum absolute atomic E-state index is 13.0. The van der Waals surface area contributed by atoms with E-state index < -0.39 is 11.7 Å². The molecule has 0 atom stereocenters. The summed E-state index contributed by atoms with van der Waals surface area (Å²) < 4.78 is 44.8. The Labute approximate surface area is 152 Å². The zero-order valence-electron chi connectivity index (χ0n) is 13.9. The molecule has 1 fully saturated rings. The quantitative estimate of drug-likeness (QED) is 0.870. The standard InChI is InChI=1S/C16H17F3N4O2S/c1-10(24)20-14-21-22-15(26-14)23-8-6-11(7-9-23)25-13-5-3-2-4-12(13)16(17,18)19/h2-5,11H,6-9H2,1H3,(H,20,21,24). The number of carbonyl (C=O) groups is 1. The van der Waals surface area contributed by atoms with Gasteiger partial charge in [0.2, 0.25) is 16.2 Å². The van der Waals surface area contributed by atoms with E-state index in [4.69, 9.17) is 4.74 Å². The number of halogens is 3. The van der Waals surface area contributed by atoms with Crippen LogP contribution in [-0.4, -0.2) is 35.3 Å². The number of para-hydroxylation sites is 1. The zero-order chi connectivity index (χ0) is 18.7. The lowest BCUT2D eigenvalue weighted by Crippen LogP contribution is -2.38. The van der Waals surface area contributed by atoms with Crippen molar-refractivity contribution < 1.29 is 22.7 Å². The number of benzene rings is 1. The largest absolute Gasteiger partial charge is 0.490 e. The molecule has 6 nitrogen and oxygen atoms in total. The highest BCUT2D eigenvalue weighted by molar-refractivity contribution is 7.19. The van der Waals surface area contributed by atoms with Crippen LogP contribution >= 0.6 is 11.3 Å². The molecule has 0 bridgehead atoms. The van der Waals surface area contributed by atoms with Gasteiger partial charge in [0.1, 0.15) is 11.9 Å². The van der Waals surface area contributed by atoms with E-state index in [1.165, 1.54) is 36.5 Å². The first-order valence-corrected chi connectivity index (χ1v) is 8.83. The fraction of sp³-hybridized carbons (Fsp3) is 0.438. The molecule has 1 N–H and O–H groups in total. The Morgan fingerprint density at radius 3 is 2.62 bits per heavy atom. The Morgan fingerprint density at radius 2 is 1.96 bits per heavy atom. The molecule has 26 heavy (non-hydrogen) atoms. The highest BCUT2D eigenvalue weighted by Gasteiger charge is 2.35. The van der Waals surface area contributed by atoms with Crippen LogP contribution in [0.3, 0.4) is 0 Å². The third-order valence-corrected chi connectivity index (χ3v) is 4.80. The number of amides is 1. The van der Waals surface area contributed by atoms with Crippen LogP contribution in [0.25, 0.3) is 0 Å². The van der Waals surface area contributed by atoms with Gasteiger partial charge >= 0.3 is 6.18 Å². The van der Waals surface area contributed by atoms with Crippen molar-refractivity contribution in [1.29, 1.82) is 0 Å². The first-order valence-electron chi connectivity index (χ1n) is 8.02. The number of ether oxygens (including phenoxy) is 1. The normalized spacial score (nSPS) is 15.8. The van der Waals surface area contributed by atoms with Crippen LogP contribution in [0.2, 0.25) is 0 Å². The molecular weight excluding hydrogens is 369 g/mol. The third kappa shape index (κ3) is 4.43. The summed E-state index contributed by atoms with van der Waals surface area (Å²) in [4.78, 5) is 13.0. The predicted molar refractivity (Wildman–Crippen MR) is 91.5 cm³/mol. The molecule has 0 aliphatic carbocycles. The molecule has 2 heterocycles. The van der Waals surface area contributed by atoms with E-state index in [0.717, 1.165) is 6.07 Å². The van der Waals surface area contributed by atoms with Gasteiger partial charge in [0.15, 0.2) is 0 Å². The molecule has 0 saturated carbocycles. The van der Waals surface area contributed by atoms with Crippen LogP contribution in [0.5, 0.6) is 5.75 Å². The molecule has 0 spiro atoms. The van der Waals surface area contributed by atoms with Gasteiger partial charge in [-0.25, -0.2) is 0 Å². The minimum absolute atomic E-state index is 0.137. The molecule has 3 rings (SSSR count). The number of hydrogen-bond acceptors (Lipinski definition) is 6. The van der Waals surface area contributed by atoms with Gasteiger partial charge < -0.3 is 15.0 Å². The summed E-state index contributed by atoms with van der Waals surface area (Å²) >= 11 is 1.26. The predicted octanol–water partition coefficient (Wildman–Crippen LogP) is 3.56. The van der Waals surface area contributed by atoms with Crippen molar-refractivity contribution in [2.45, 2.75) is 32.0 Å². The minimum atomic E-state index is -4.44. The minimum Gasteiger partial charge on any atom is -0.490 e. The van der Waals surface area contributed by atoms with E-state index in [-0.39, 0.29) is 17.8 Å². The maximum Gasteiger partial charge on any atom is 0.419 e. The molecule has 1 aromatic carbocycles. The highest BCUT2D eigenvalue weighted by atomic mass is 32.1. The van der Waals surface area contributed by atoms with E-state index >= 15 is 0 Å². The van der Waals surface area contributed by atoms with Crippen LogP contribution in [0.4, 0.5) is 23.4 Å². The molecule has 0 radical (unpaired) electrons. The van der Waals surface area contributed by atoms with Gasteiger partial charge in [-0.2, -0.15) is 13.2 Å². The molecule has 140 valence electrons. The summed E-state index contributed by atoms with van der Waals surface area (Å²) in [6.07, 6.45) is -3.59. The smallest absolute Gasteiger partial charge is 0.419 e. The van der Waals surface area contributed by atoms with Crippen LogP contribution < -0.4 is 15.0 Å². The van der Waals surface area contributed by atoms with Crippen LogP contribution in [0, 0.1) is 0 Å². The number of rotatable bonds is 4. The Balaban J connectivity index is 1.59. The number of hydrogen-bond donors (Lipinski definition) is 1. The van der Waals surface area contributed by atoms with Crippen LogP contribution in [0.15, 0.2) is 24.3 Å². The average Bonchev–Trinajstić information content (AvgIpc) is 3.03. The monoisotopic (exact) mass is 386 g/mol. The van der Waals surface area contributed by atoms with Gasteiger partial charge in [-0.3, -0.25) is 4.79 Å². The van der Waals surface area contributed by atoms with Gasteiger partial charge in [-0.1, -0.05) is 23.5 Å². The van der Waals surface area contributed by atoms with Crippen molar-refractivity contribution in [2.24, 2.45) is 0 Å². The average molecular weight is 386 g/mol. The van der Waals surface area contributed by atoms with E-state index in [1.807, 2.05) is 4.90 Å². The third-order valence-electron chi connectivity index (χ3n) is 3.90. The summed E-state index contributed by atoms with van der Waals surface area (Å²) in [6.45, 7) is 2.57. The first-order chi connectivity index (χ1) is 12.3. The molecule has 0 unspecified atom stereocenters. The van der Waals surface area contributed by atoms with Crippen LogP contribution in [0.1, 0.15) is 25.3 Å². The number of anilines is 2. The summed E-state index contributed by atoms with van der Waals surface area (Å²) in [5, 5.41) is 11.6. The topological polar surface area (TPSA) is 67.4 Å². The lowest BCUT2D eigenvalue weighted by molar-refractivity contribution is -0.139. The molecule has 1 aliphatic rings. The lowest BCUT2D eigenvalue weighted by atomic mass is 10.1. The molecule has 1 aliphatic heterocycles. The number of aromatic nitrogens is 2. The SMILES string of the molecule is CC(=O)Nc1nnc(N2CCC(Oc3ccccc3C(F)(F)F)CC2)s1. The Morgan fingerprint density at radius 1 is 1.27 bits per heavy atom. The van der Waals surface area contributed by atoms with Crippen molar-refractivity contribution in [1.82, 2.24) is 10.2 Å². The fourth-order valence-electron chi connectivity index (χ4n) is 2.69. The van der Waals surface area contributed by atoms with Gasteiger partial charge in [-0.05, 0) is 12.1 Å². The molecule has 10 heteroatoms. The van der Waals surface area contributed by atoms with Crippen molar-refractivity contribution >= 4 is 27.5 Å². The molecule has 1 amide bonds. The van der Waals surface area contributed by atoms with E-state index in [9.17, 15) is 18.0 Å². The van der Waals surface area contributed by atoms with E-state index in [2.05, 4.69) is 15.5 Å². The number of carbonyl (C=O) groups excluding carboxylic acids is 1. The summed E-state index contributed by atoms with van der Waals surface area (Å²) in [5.74, 6) is -0.356. The maximum atomic E-state index is 13.0. The highest BCUT2D eigenvalue weighted by Crippen LogP contribution is 2.37. The number of nitrogens with zero attached hydrogens (tertiary/aromatic N) is 3. The van der Waals surface area contributed by atoms with Gasteiger partial charge in [0.05, 0.1) is 5.56 Å². The molecule has 2 aromatic rings. The number of alkyl halides is 3. The number of piperidine rings is 1. The summed E-state index contributed by atoms with van der Waals surface area (Å²) in [6, 6.07) is 5.25. The lowest BCUT2D eigenvalue weighted by Gasteiger charge is -2.32. The second-order valence-electron chi connectivity index (χ2n) is 5.87. The fourth-order valence-corrected chi connectivity index (χ4v) is 3.54. The van der Waals surface area contributed by atoms with Crippen molar-refractivity contribution in [3.05, 3.63) is 29.8 Å². The van der Waals surface area contributed by atoms with E-state index in [1.54, 1.807) is 0 Å². The Bertz CT molecular complexity index is 773. The van der Waals surface area contributed by atoms with Crippen molar-refractivity contribution in [3.8, 4) is 5.75 Å².